The third-order valence-corrected chi connectivity index (χ3v) is 4.13. The number of nitrogens with one attached hydrogen (secondary N) is 1. The quantitative estimate of drug-likeness (QED) is 0.805. The van der Waals surface area contributed by atoms with Crippen LogP contribution in [0.1, 0.15) is 12.8 Å². The summed E-state index contributed by atoms with van der Waals surface area (Å²) in [7, 11) is 0. The van der Waals surface area contributed by atoms with Crippen LogP contribution in [0.15, 0.2) is 59.0 Å². The molecule has 1 unspecified atom stereocenters. The van der Waals surface area contributed by atoms with E-state index >= 15 is 0 Å². The summed E-state index contributed by atoms with van der Waals surface area (Å²) >= 11 is 0. The molecular formula is C18H17N3O2. The fourth-order valence-corrected chi connectivity index (χ4v) is 3.00. The topological polar surface area (TPSA) is 58.4 Å². The Morgan fingerprint density at radius 2 is 1.91 bits per heavy atom. The van der Waals surface area contributed by atoms with E-state index in [1.165, 1.54) is 0 Å². The third-order valence-electron chi connectivity index (χ3n) is 4.13. The number of para-hydroxylation sites is 3. The lowest BCUT2D eigenvalue weighted by atomic mass is 10.2. The van der Waals surface area contributed by atoms with Crippen LogP contribution in [-0.4, -0.2) is 23.5 Å². The normalized spacial score (nSPS) is 17.6. The molecule has 0 aliphatic carbocycles. The summed E-state index contributed by atoms with van der Waals surface area (Å²) in [6.45, 7) is 0.777. The van der Waals surface area contributed by atoms with Gasteiger partial charge >= 0.3 is 0 Å². The molecule has 1 atom stereocenters. The molecule has 5 nitrogen and oxygen atoms in total. The first-order chi connectivity index (χ1) is 11.3. The van der Waals surface area contributed by atoms with E-state index < -0.39 is 0 Å². The highest BCUT2D eigenvalue weighted by Gasteiger charge is 2.33. The zero-order valence-electron chi connectivity index (χ0n) is 12.6. The van der Waals surface area contributed by atoms with Crippen molar-refractivity contribution in [3.63, 3.8) is 0 Å². The highest BCUT2D eigenvalue weighted by molar-refractivity contribution is 5.97. The largest absolute Gasteiger partial charge is 0.423 e. The predicted octanol–water partition coefficient (Wildman–Crippen LogP) is 3.44. The first-order valence-corrected chi connectivity index (χ1v) is 7.79. The van der Waals surface area contributed by atoms with Gasteiger partial charge in [-0.1, -0.05) is 30.3 Å². The van der Waals surface area contributed by atoms with E-state index in [0.29, 0.717) is 6.01 Å². The first-order valence-electron chi connectivity index (χ1n) is 7.79. The van der Waals surface area contributed by atoms with Gasteiger partial charge in [-0.15, -0.1) is 0 Å². The predicted molar refractivity (Wildman–Crippen MR) is 89.4 cm³/mol. The average molecular weight is 307 g/mol. The van der Waals surface area contributed by atoms with Crippen molar-refractivity contribution in [1.29, 1.82) is 0 Å². The van der Waals surface area contributed by atoms with Gasteiger partial charge in [0.1, 0.15) is 11.6 Å². The Kier molecular flexibility index (Phi) is 3.46. The van der Waals surface area contributed by atoms with Crippen molar-refractivity contribution >= 4 is 28.7 Å². The molecule has 0 bridgehead atoms. The minimum absolute atomic E-state index is 0.0176. The number of fused-ring (bicyclic) bond motifs is 1. The second-order valence-electron chi connectivity index (χ2n) is 5.67. The summed E-state index contributed by atoms with van der Waals surface area (Å²) in [5.41, 5.74) is 2.37. The van der Waals surface area contributed by atoms with E-state index in [1.54, 1.807) is 0 Å². The molecule has 23 heavy (non-hydrogen) atoms. The molecule has 1 aliphatic rings. The molecule has 1 fully saturated rings. The molecule has 2 aromatic carbocycles. The van der Waals surface area contributed by atoms with Gasteiger partial charge in [-0.25, -0.2) is 0 Å². The Bertz CT molecular complexity index is 795. The van der Waals surface area contributed by atoms with Gasteiger partial charge in [-0.3, -0.25) is 4.79 Å². The number of carbonyl (C=O) groups excluding carboxylic acids is 1. The molecule has 1 amide bonds. The number of rotatable bonds is 3. The Labute approximate surface area is 133 Å². The van der Waals surface area contributed by atoms with Crippen molar-refractivity contribution in [3.05, 3.63) is 54.6 Å². The van der Waals surface area contributed by atoms with Crippen molar-refractivity contribution in [1.82, 2.24) is 4.98 Å². The molecular weight excluding hydrogens is 290 g/mol. The summed E-state index contributed by atoms with van der Waals surface area (Å²) < 4.78 is 5.82. The van der Waals surface area contributed by atoms with Crippen LogP contribution < -0.4 is 10.2 Å². The van der Waals surface area contributed by atoms with Gasteiger partial charge in [0.2, 0.25) is 5.91 Å². The van der Waals surface area contributed by atoms with E-state index in [1.807, 2.05) is 59.5 Å². The molecule has 5 heteroatoms. The Balaban J connectivity index is 1.57. The van der Waals surface area contributed by atoms with Gasteiger partial charge in [-0.2, -0.15) is 4.98 Å². The summed E-state index contributed by atoms with van der Waals surface area (Å²) in [6.07, 6.45) is 1.75. The second-order valence-corrected chi connectivity index (χ2v) is 5.67. The zero-order valence-corrected chi connectivity index (χ0v) is 12.6. The molecule has 1 aromatic heterocycles. The number of carbonyl (C=O) groups is 1. The fourth-order valence-electron chi connectivity index (χ4n) is 3.00. The van der Waals surface area contributed by atoms with Crippen LogP contribution in [0.5, 0.6) is 0 Å². The van der Waals surface area contributed by atoms with Gasteiger partial charge < -0.3 is 14.6 Å². The first kappa shape index (κ1) is 13.8. The summed E-state index contributed by atoms with van der Waals surface area (Å²) in [6, 6.07) is 17.4. The smallest absolute Gasteiger partial charge is 0.299 e. The highest BCUT2D eigenvalue weighted by Crippen LogP contribution is 2.28. The molecule has 0 saturated carbocycles. The maximum atomic E-state index is 12.6. The number of hydrogen-bond donors (Lipinski definition) is 1. The molecule has 0 spiro atoms. The lowest BCUT2D eigenvalue weighted by Crippen LogP contribution is -2.39. The summed E-state index contributed by atoms with van der Waals surface area (Å²) in [4.78, 5) is 19.1. The van der Waals surface area contributed by atoms with Gasteiger partial charge in [0.05, 0.1) is 0 Å². The molecule has 4 rings (SSSR count). The van der Waals surface area contributed by atoms with Crippen LogP contribution >= 0.6 is 0 Å². The standard InChI is InChI=1S/C18H17N3O2/c22-17(19-13-7-2-1-3-8-13)15-10-6-12-21(15)18-20-14-9-4-5-11-16(14)23-18/h1-5,7-9,11,15H,6,10,12H2,(H,19,22). The lowest BCUT2D eigenvalue weighted by molar-refractivity contribution is -0.117. The summed E-state index contributed by atoms with van der Waals surface area (Å²) in [5.74, 6) is -0.0176. The Morgan fingerprint density at radius 1 is 1.13 bits per heavy atom. The van der Waals surface area contributed by atoms with Gasteiger partial charge in [-0.05, 0) is 37.1 Å². The van der Waals surface area contributed by atoms with Crippen molar-refractivity contribution in [2.24, 2.45) is 0 Å². The van der Waals surface area contributed by atoms with Crippen LogP contribution in [0.3, 0.4) is 0 Å². The van der Waals surface area contributed by atoms with Crippen molar-refractivity contribution in [2.75, 3.05) is 16.8 Å². The molecule has 1 N–H and O–H groups in total. The third kappa shape index (κ3) is 2.65. The lowest BCUT2D eigenvalue weighted by Gasteiger charge is -2.21. The monoisotopic (exact) mass is 307 g/mol. The Morgan fingerprint density at radius 3 is 2.74 bits per heavy atom. The van der Waals surface area contributed by atoms with Crippen molar-refractivity contribution in [3.8, 4) is 0 Å². The molecule has 2 heterocycles. The molecule has 116 valence electrons. The van der Waals surface area contributed by atoms with Gasteiger partial charge in [0, 0.05) is 12.2 Å². The molecule has 1 saturated heterocycles. The summed E-state index contributed by atoms with van der Waals surface area (Å²) in [5, 5.41) is 2.97. The van der Waals surface area contributed by atoms with E-state index in [9.17, 15) is 4.79 Å². The average Bonchev–Trinajstić information content (AvgIpc) is 3.22. The number of benzene rings is 2. The minimum Gasteiger partial charge on any atom is -0.423 e. The highest BCUT2D eigenvalue weighted by atomic mass is 16.4. The number of hydrogen-bond acceptors (Lipinski definition) is 4. The second kappa shape index (κ2) is 5.76. The van der Waals surface area contributed by atoms with E-state index in [-0.39, 0.29) is 11.9 Å². The van der Waals surface area contributed by atoms with Gasteiger partial charge in [0.25, 0.3) is 6.01 Å². The maximum Gasteiger partial charge on any atom is 0.299 e. The van der Waals surface area contributed by atoms with Crippen molar-refractivity contribution < 1.29 is 9.21 Å². The van der Waals surface area contributed by atoms with Crippen LogP contribution in [-0.2, 0) is 4.79 Å². The van der Waals surface area contributed by atoms with E-state index in [4.69, 9.17) is 4.42 Å². The zero-order chi connectivity index (χ0) is 15.6. The van der Waals surface area contributed by atoms with E-state index in [2.05, 4.69) is 10.3 Å². The van der Waals surface area contributed by atoms with Crippen molar-refractivity contribution in [2.45, 2.75) is 18.9 Å². The number of anilines is 2. The molecule has 1 aliphatic heterocycles. The Hall–Kier alpha value is -2.82. The van der Waals surface area contributed by atoms with Crippen LogP contribution in [0.25, 0.3) is 11.1 Å². The van der Waals surface area contributed by atoms with Gasteiger partial charge in [0.15, 0.2) is 5.58 Å². The number of oxazole rings is 1. The molecule has 3 aromatic rings. The minimum atomic E-state index is -0.247. The van der Waals surface area contributed by atoms with Crippen LogP contribution in [0, 0.1) is 0 Å². The molecule has 0 radical (unpaired) electrons. The van der Waals surface area contributed by atoms with Crippen LogP contribution in [0.2, 0.25) is 0 Å². The number of nitrogens with zero attached hydrogens (tertiary/aromatic N) is 2. The SMILES string of the molecule is O=C(Nc1ccccc1)C1CCCN1c1nc2ccccc2o1. The van der Waals surface area contributed by atoms with Crippen LogP contribution in [0.4, 0.5) is 11.7 Å². The van der Waals surface area contributed by atoms with E-state index in [0.717, 1.165) is 36.2 Å². The fraction of sp³-hybridized carbons (Fsp3) is 0.222. The number of aromatic nitrogens is 1. The number of amides is 1. The maximum absolute atomic E-state index is 12.6.